The molecule has 0 aliphatic rings. The second-order valence-electron chi connectivity index (χ2n) is 1.98. The van der Waals surface area contributed by atoms with Crippen molar-refractivity contribution in [2.24, 2.45) is 0 Å². The van der Waals surface area contributed by atoms with Gasteiger partial charge >= 0.3 is 5.97 Å². The molecule has 0 unspecified atom stereocenters. The van der Waals surface area contributed by atoms with Crippen LogP contribution in [0.1, 0.15) is 22.3 Å². The van der Waals surface area contributed by atoms with Gasteiger partial charge in [0.2, 0.25) is 0 Å². The van der Waals surface area contributed by atoms with E-state index in [1.54, 1.807) is 0 Å². The highest BCUT2D eigenvalue weighted by atomic mass is 32.1. The molecule has 0 bridgehead atoms. The summed E-state index contributed by atoms with van der Waals surface area (Å²) in [6.07, 6.45) is 0.663. The third-order valence-corrected chi connectivity index (χ3v) is 2.27. The van der Waals surface area contributed by atoms with E-state index in [0.717, 1.165) is 4.88 Å². The van der Waals surface area contributed by atoms with Crippen LogP contribution in [-0.4, -0.2) is 16.1 Å². The number of carbonyl (C=O) groups is 1. The van der Waals surface area contributed by atoms with Gasteiger partial charge in [-0.1, -0.05) is 6.92 Å². The van der Waals surface area contributed by atoms with E-state index in [1.807, 2.05) is 6.92 Å². The third kappa shape index (κ3) is 1.48. The van der Waals surface area contributed by atoms with Crippen LogP contribution in [0.25, 0.3) is 0 Å². The quantitative estimate of drug-likeness (QED) is 0.697. The summed E-state index contributed by atoms with van der Waals surface area (Å²) in [5.74, 6) is -1.00. The average molecular weight is 172 g/mol. The van der Waals surface area contributed by atoms with Crippen LogP contribution in [0.2, 0.25) is 0 Å². The maximum Gasteiger partial charge on any atom is 0.355 e. The van der Waals surface area contributed by atoms with Crippen LogP contribution in [0, 0.1) is 0 Å². The fourth-order valence-corrected chi connectivity index (χ4v) is 1.54. The molecule has 0 fully saturated rings. The van der Waals surface area contributed by atoms with Crippen molar-refractivity contribution in [3.63, 3.8) is 0 Å². The summed E-state index contributed by atoms with van der Waals surface area (Å²) < 4.78 is 0. The zero-order chi connectivity index (χ0) is 8.43. The fourth-order valence-electron chi connectivity index (χ4n) is 0.777. The second kappa shape index (κ2) is 2.87. The molecule has 0 spiro atoms. The maximum atomic E-state index is 10.5. The van der Waals surface area contributed by atoms with Gasteiger partial charge in [0.15, 0.2) is 10.8 Å². The lowest BCUT2D eigenvalue weighted by molar-refractivity contribution is 0.0690. The van der Waals surface area contributed by atoms with Gasteiger partial charge in [-0.15, -0.1) is 11.3 Å². The van der Waals surface area contributed by atoms with Gasteiger partial charge in [-0.05, 0) is 6.42 Å². The first-order chi connectivity index (χ1) is 5.15. The lowest BCUT2D eigenvalue weighted by Gasteiger charge is -1.89. The van der Waals surface area contributed by atoms with Crippen LogP contribution < -0.4 is 5.73 Å². The Hall–Kier alpha value is -1.10. The van der Waals surface area contributed by atoms with Gasteiger partial charge in [-0.25, -0.2) is 9.78 Å². The van der Waals surface area contributed by atoms with Gasteiger partial charge in [0.25, 0.3) is 0 Å². The molecule has 1 rings (SSSR count). The number of aryl methyl sites for hydroxylation is 1. The molecule has 3 N–H and O–H groups in total. The number of hydrogen-bond donors (Lipinski definition) is 2. The SMILES string of the molecule is CCc1sc(N)nc1C(=O)O. The highest BCUT2D eigenvalue weighted by molar-refractivity contribution is 7.15. The largest absolute Gasteiger partial charge is 0.476 e. The molecule has 1 aromatic rings. The lowest BCUT2D eigenvalue weighted by atomic mass is 10.3. The Morgan fingerprint density at radius 1 is 1.82 bits per heavy atom. The normalized spacial score (nSPS) is 9.91. The van der Waals surface area contributed by atoms with Crippen molar-refractivity contribution in [1.82, 2.24) is 4.98 Å². The van der Waals surface area contributed by atoms with Crippen molar-refractivity contribution in [3.05, 3.63) is 10.6 Å². The van der Waals surface area contributed by atoms with E-state index in [1.165, 1.54) is 11.3 Å². The first-order valence-electron chi connectivity index (χ1n) is 3.13. The molecule has 1 heterocycles. The topological polar surface area (TPSA) is 76.2 Å². The summed E-state index contributed by atoms with van der Waals surface area (Å²) in [4.78, 5) is 14.9. The number of anilines is 1. The molecule has 5 heteroatoms. The highest BCUT2D eigenvalue weighted by Crippen LogP contribution is 2.20. The van der Waals surface area contributed by atoms with Crippen LogP contribution in [0.3, 0.4) is 0 Å². The number of thiazole rings is 1. The Morgan fingerprint density at radius 3 is 2.82 bits per heavy atom. The predicted molar refractivity (Wildman–Crippen MR) is 42.9 cm³/mol. The number of aromatic nitrogens is 1. The van der Waals surface area contributed by atoms with Gasteiger partial charge < -0.3 is 10.8 Å². The van der Waals surface area contributed by atoms with Gasteiger partial charge in [0, 0.05) is 4.88 Å². The zero-order valence-corrected chi connectivity index (χ0v) is 6.81. The molecule has 0 saturated heterocycles. The molecule has 0 atom stereocenters. The zero-order valence-electron chi connectivity index (χ0n) is 6.00. The molecular formula is C6H8N2O2S. The Kier molecular flexibility index (Phi) is 2.09. The number of carboxylic acid groups (broad SMARTS) is 1. The minimum atomic E-state index is -1.00. The molecular weight excluding hydrogens is 164 g/mol. The number of carboxylic acids is 1. The molecule has 0 saturated carbocycles. The molecule has 11 heavy (non-hydrogen) atoms. The van der Waals surface area contributed by atoms with Crippen LogP contribution in [-0.2, 0) is 6.42 Å². The van der Waals surface area contributed by atoms with Crippen molar-refractivity contribution in [1.29, 1.82) is 0 Å². The van der Waals surface area contributed by atoms with E-state index in [2.05, 4.69) is 4.98 Å². The lowest BCUT2D eigenvalue weighted by Crippen LogP contribution is -2.00. The summed E-state index contributed by atoms with van der Waals surface area (Å²) in [7, 11) is 0. The molecule has 0 radical (unpaired) electrons. The number of nitrogens with two attached hydrogens (primary N) is 1. The molecule has 0 aliphatic heterocycles. The van der Waals surface area contributed by atoms with E-state index in [-0.39, 0.29) is 5.69 Å². The maximum absolute atomic E-state index is 10.5. The van der Waals surface area contributed by atoms with Crippen molar-refractivity contribution in [3.8, 4) is 0 Å². The predicted octanol–water partition coefficient (Wildman–Crippen LogP) is 0.986. The first-order valence-corrected chi connectivity index (χ1v) is 3.95. The van der Waals surface area contributed by atoms with Crippen LogP contribution in [0.5, 0.6) is 0 Å². The number of nitrogen functional groups attached to an aromatic ring is 1. The van der Waals surface area contributed by atoms with E-state index < -0.39 is 5.97 Å². The minimum absolute atomic E-state index is 0.0926. The van der Waals surface area contributed by atoms with E-state index >= 15 is 0 Å². The number of aromatic carboxylic acids is 1. The van der Waals surface area contributed by atoms with E-state index in [0.29, 0.717) is 11.6 Å². The fraction of sp³-hybridized carbons (Fsp3) is 0.333. The summed E-state index contributed by atoms with van der Waals surface area (Å²) in [5, 5.41) is 8.92. The molecule has 0 aliphatic carbocycles. The Bertz CT molecular complexity index is 282. The number of rotatable bonds is 2. The Balaban J connectivity index is 3.12. The van der Waals surface area contributed by atoms with Gasteiger partial charge in [0.05, 0.1) is 0 Å². The standard InChI is InChI=1S/C6H8N2O2S/c1-2-3-4(5(9)10)8-6(7)11-3/h2H2,1H3,(H2,7,8)(H,9,10). The van der Waals surface area contributed by atoms with Gasteiger partial charge in [-0.3, -0.25) is 0 Å². The van der Waals surface area contributed by atoms with Crippen molar-refractivity contribution in [2.45, 2.75) is 13.3 Å². The number of nitrogens with zero attached hydrogens (tertiary/aromatic N) is 1. The summed E-state index contributed by atoms with van der Waals surface area (Å²) >= 11 is 1.23. The van der Waals surface area contributed by atoms with E-state index in [9.17, 15) is 4.79 Å². The second-order valence-corrected chi connectivity index (χ2v) is 3.10. The molecule has 60 valence electrons. The smallest absolute Gasteiger partial charge is 0.355 e. The van der Waals surface area contributed by atoms with Gasteiger partial charge in [0.1, 0.15) is 0 Å². The average Bonchev–Trinajstić information content (AvgIpc) is 2.30. The van der Waals surface area contributed by atoms with Crippen molar-refractivity contribution < 1.29 is 9.90 Å². The Morgan fingerprint density at radius 2 is 2.45 bits per heavy atom. The molecule has 0 amide bonds. The summed E-state index contributed by atoms with van der Waals surface area (Å²) in [6, 6.07) is 0. The van der Waals surface area contributed by atoms with Crippen molar-refractivity contribution in [2.75, 3.05) is 5.73 Å². The van der Waals surface area contributed by atoms with Crippen LogP contribution in [0.4, 0.5) is 5.13 Å². The molecule has 4 nitrogen and oxygen atoms in total. The molecule has 0 aromatic carbocycles. The Labute approximate surface area is 67.7 Å². The summed E-state index contributed by atoms with van der Waals surface area (Å²) in [5.41, 5.74) is 5.43. The molecule has 1 aromatic heterocycles. The van der Waals surface area contributed by atoms with Crippen LogP contribution >= 0.6 is 11.3 Å². The van der Waals surface area contributed by atoms with Crippen molar-refractivity contribution >= 4 is 22.4 Å². The third-order valence-electron chi connectivity index (χ3n) is 1.24. The van der Waals surface area contributed by atoms with Crippen LogP contribution in [0.15, 0.2) is 0 Å². The van der Waals surface area contributed by atoms with E-state index in [4.69, 9.17) is 10.8 Å². The highest BCUT2D eigenvalue weighted by Gasteiger charge is 2.13. The summed E-state index contributed by atoms with van der Waals surface area (Å²) in [6.45, 7) is 1.87. The monoisotopic (exact) mass is 172 g/mol. The van der Waals surface area contributed by atoms with Gasteiger partial charge in [-0.2, -0.15) is 0 Å². The minimum Gasteiger partial charge on any atom is -0.476 e. The first kappa shape index (κ1) is 8.00. The number of hydrogen-bond acceptors (Lipinski definition) is 4.